The zero-order valence-corrected chi connectivity index (χ0v) is 13.3. The number of hydrogen-bond acceptors (Lipinski definition) is 4. The summed E-state index contributed by atoms with van der Waals surface area (Å²) in [6.07, 6.45) is 5.12. The van der Waals surface area contributed by atoms with E-state index in [4.69, 9.17) is 4.98 Å². The Morgan fingerprint density at radius 2 is 1.96 bits per heavy atom. The second kappa shape index (κ2) is 6.17. The molecule has 1 aromatic heterocycles. The Labute approximate surface area is 137 Å². The molecule has 0 radical (unpaired) electrons. The highest BCUT2D eigenvalue weighted by Gasteiger charge is 2.25. The van der Waals surface area contributed by atoms with Crippen LogP contribution in [0.1, 0.15) is 31.2 Å². The van der Waals surface area contributed by atoms with Crippen molar-refractivity contribution in [1.29, 1.82) is 5.26 Å². The molecule has 0 bridgehead atoms. The molecule has 118 valence electrons. The highest BCUT2D eigenvalue weighted by Crippen LogP contribution is 2.28. The van der Waals surface area contributed by atoms with Crippen LogP contribution < -0.4 is 10.2 Å². The van der Waals surface area contributed by atoms with E-state index < -0.39 is 0 Å². The summed E-state index contributed by atoms with van der Waals surface area (Å²) in [5.41, 5.74) is 1.63. The normalized spacial score (nSPS) is 19.0. The third-order valence-electron chi connectivity index (χ3n) is 5.03. The number of piperidine rings is 1. The minimum absolute atomic E-state index is 0.641. The van der Waals surface area contributed by atoms with Crippen molar-refractivity contribution in [1.82, 2.24) is 10.3 Å². The molecule has 1 saturated carbocycles. The molecule has 1 N–H and O–H groups in total. The minimum Gasteiger partial charge on any atom is -0.356 e. The lowest BCUT2D eigenvalue weighted by molar-refractivity contribution is 0.408. The molecule has 23 heavy (non-hydrogen) atoms. The topological polar surface area (TPSA) is 52.0 Å². The quantitative estimate of drug-likeness (QED) is 0.943. The predicted molar refractivity (Wildman–Crippen MR) is 92.4 cm³/mol. The van der Waals surface area contributed by atoms with E-state index in [1.54, 1.807) is 0 Å². The van der Waals surface area contributed by atoms with Crippen molar-refractivity contribution >= 4 is 16.7 Å². The maximum atomic E-state index is 9.42. The highest BCUT2D eigenvalue weighted by molar-refractivity contribution is 5.86. The summed E-state index contributed by atoms with van der Waals surface area (Å²) in [6.45, 7) is 3.22. The number of pyridine rings is 1. The Bertz CT molecular complexity index is 737. The number of aromatic nitrogens is 1. The fraction of sp³-hybridized carbons (Fsp3) is 0.474. The van der Waals surface area contributed by atoms with Crippen LogP contribution in [-0.4, -0.2) is 30.7 Å². The van der Waals surface area contributed by atoms with E-state index in [1.165, 1.54) is 19.4 Å². The summed E-state index contributed by atoms with van der Waals surface area (Å²) in [5, 5.41) is 14.1. The van der Waals surface area contributed by atoms with Crippen LogP contribution in [0.3, 0.4) is 0 Å². The van der Waals surface area contributed by atoms with E-state index in [0.717, 1.165) is 54.1 Å². The lowest BCUT2D eigenvalue weighted by Crippen LogP contribution is -2.43. The Morgan fingerprint density at radius 3 is 2.70 bits per heavy atom. The zero-order chi connectivity index (χ0) is 15.6. The van der Waals surface area contributed by atoms with Crippen LogP contribution in [-0.2, 0) is 0 Å². The van der Waals surface area contributed by atoms with Gasteiger partial charge in [-0.25, -0.2) is 4.98 Å². The van der Waals surface area contributed by atoms with Gasteiger partial charge < -0.3 is 10.2 Å². The molecule has 4 rings (SSSR count). The SMILES string of the molecule is N#Cc1cc(N2CCC(NCC3CC3)CC2)nc2ccccc12. The van der Waals surface area contributed by atoms with E-state index in [9.17, 15) is 5.26 Å². The van der Waals surface area contributed by atoms with Crippen molar-refractivity contribution < 1.29 is 0 Å². The average Bonchev–Trinajstić information content (AvgIpc) is 3.44. The summed E-state index contributed by atoms with van der Waals surface area (Å²) < 4.78 is 0. The van der Waals surface area contributed by atoms with Gasteiger partial charge in [0, 0.05) is 24.5 Å². The van der Waals surface area contributed by atoms with E-state index in [-0.39, 0.29) is 0 Å². The Morgan fingerprint density at radius 1 is 1.17 bits per heavy atom. The van der Waals surface area contributed by atoms with Gasteiger partial charge in [0.25, 0.3) is 0 Å². The Hall–Kier alpha value is -2.12. The van der Waals surface area contributed by atoms with Crippen LogP contribution in [0.15, 0.2) is 30.3 Å². The van der Waals surface area contributed by atoms with Crippen LogP contribution in [0.4, 0.5) is 5.82 Å². The van der Waals surface area contributed by atoms with Gasteiger partial charge in [0.1, 0.15) is 5.82 Å². The van der Waals surface area contributed by atoms with E-state index in [0.29, 0.717) is 6.04 Å². The predicted octanol–water partition coefficient (Wildman–Crippen LogP) is 3.07. The summed E-state index contributed by atoms with van der Waals surface area (Å²) >= 11 is 0. The van der Waals surface area contributed by atoms with Crippen LogP contribution in [0.2, 0.25) is 0 Å². The van der Waals surface area contributed by atoms with Crippen molar-refractivity contribution in [3.63, 3.8) is 0 Å². The van der Waals surface area contributed by atoms with Crippen molar-refractivity contribution in [2.24, 2.45) is 5.92 Å². The monoisotopic (exact) mass is 306 g/mol. The third kappa shape index (κ3) is 3.16. The second-order valence-electron chi connectivity index (χ2n) is 6.77. The second-order valence-corrected chi connectivity index (χ2v) is 6.77. The van der Waals surface area contributed by atoms with Crippen LogP contribution in [0.5, 0.6) is 0 Å². The molecule has 1 aliphatic heterocycles. The van der Waals surface area contributed by atoms with Crippen LogP contribution >= 0.6 is 0 Å². The molecule has 0 spiro atoms. The van der Waals surface area contributed by atoms with Gasteiger partial charge in [0.2, 0.25) is 0 Å². The average molecular weight is 306 g/mol. The van der Waals surface area contributed by atoms with Gasteiger partial charge in [-0.1, -0.05) is 18.2 Å². The summed E-state index contributed by atoms with van der Waals surface area (Å²) in [6, 6.07) is 12.8. The summed E-state index contributed by atoms with van der Waals surface area (Å²) in [5.74, 6) is 1.88. The van der Waals surface area contributed by atoms with Gasteiger partial charge in [-0.05, 0) is 50.3 Å². The maximum Gasteiger partial charge on any atom is 0.130 e. The lowest BCUT2D eigenvalue weighted by Gasteiger charge is -2.33. The van der Waals surface area contributed by atoms with Gasteiger partial charge in [0.15, 0.2) is 0 Å². The molecule has 4 nitrogen and oxygen atoms in total. The summed E-state index contributed by atoms with van der Waals surface area (Å²) in [4.78, 5) is 7.09. The fourth-order valence-electron chi connectivity index (χ4n) is 3.38. The van der Waals surface area contributed by atoms with E-state index >= 15 is 0 Å². The number of hydrogen-bond donors (Lipinski definition) is 1. The minimum atomic E-state index is 0.641. The molecule has 2 aliphatic rings. The number of rotatable bonds is 4. The first-order valence-corrected chi connectivity index (χ1v) is 8.62. The molecular formula is C19H22N4. The van der Waals surface area contributed by atoms with Crippen molar-refractivity contribution in [3.05, 3.63) is 35.9 Å². The molecule has 1 aromatic carbocycles. The molecule has 2 aromatic rings. The first-order valence-electron chi connectivity index (χ1n) is 8.62. The fourth-order valence-corrected chi connectivity index (χ4v) is 3.38. The number of fused-ring (bicyclic) bond motifs is 1. The first kappa shape index (κ1) is 14.5. The van der Waals surface area contributed by atoms with Gasteiger partial charge >= 0.3 is 0 Å². The van der Waals surface area contributed by atoms with Gasteiger partial charge in [0.05, 0.1) is 17.1 Å². The zero-order valence-electron chi connectivity index (χ0n) is 13.3. The third-order valence-corrected chi connectivity index (χ3v) is 5.03. The van der Waals surface area contributed by atoms with Gasteiger partial charge in [-0.3, -0.25) is 0 Å². The van der Waals surface area contributed by atoms with Gasteiger partial charge in [-0.2, -0.15) is 5.26 Å². The van der Waals surface area contributed by atoms with Crippen molar-refractivity contribution in [2.45, 2.75) is 31.7 Å². The first-order chi connectivity index (χ1) is 11.3. The molecule has 2 fully saturated rings. The molecule has 0 unspecified atom stereocenters. The standard InChI is InChI=1S/C19H22N4/c20-12-15-11-19(22-18-4-2-1-3-17(15)18)23-9-7-16(8-10-23)21-13-14-5-6-14/h1-4,11,14,16,21H,5-10,13H2. The van der Waals surface area contributed by atoms with Crippen LogP contribution in [0.25, 0.3) is 10.9 Å². The lowest BCUT2D eigenvalue weighted by atomic mass is 10.0. The number of para-hydroxylation sites is 1. The number of benzene rings is 1. The molecule has 0 amide bonds. The van der Waals surface area contributed by atoms with Crippen molar-refractivity contribution in [3.8, 4) is 6.07 Å². The molecular weight excluding hydrogens is 284 g/mol. The molecule has 0 atom stereocenters. The molecule has 4 heteroatoms. The molecule has 1 saturated heterocycles. The smallest absolute Gasteiger partial charge is 0.130 e. The highest BCUT2D eigenvalue weighted by atomic mass is 15.2. The number of nitrogens with zero attached hydrogens (tertiary/aromatic N) is 3. The number of anilines is 1. The van der Waals surface area contributed by atoms with Crippen molar-refractivity contribution in [2.75, 3.05) is 24.5 Å². The van der Waals surface area contributed by atoms with E-state index in [2.05, 4.69) is 16.3 Å². The maximum absolute atomic E-state index is 9.42. The van der Waals surface area contributed by atoms with E-state index in [1.807, 2.05) is 30.3 Å². The largest absolute Gasteiger partial charge is 0.356 e. The Balaban J connectivity index is 1.48. The number of nitrogens with one attached hydrogen (secondary N) is 1. The van der Waals surface area contributed by atoms with Gasteiger partial charge in [-0.15, -0.1) is 0 Å². The summed E-state index contributed by atoms with van der Waals surface area (Å²) in [7, 11) is 0. The molecule has 1 aliphatic carbocycles. The number of nitriles is 1. The van der Waals surface area contributed by atoms with Crippen LogP contribution in [0, 0.1) is 17.2 Å². The Kier molecular flexibility index (Phi) is 3.88. The molecule has 2 heterocycles.